The molecule has 0 radical (unpaired) electrons. The van der Waals surface area contributed by atoms with E-state index >= 15 is 0 Å². The Balaban J connectivity index is 1.92. The molecule has 0 fully saturated rings. The van der Waals surface area contributed by atoms with Gasteiger partial charge in [-0.05, 0) is 32.3 Å². The highest BCUT2D eigenvalue weighted by molar-refractivity contribution is 5.43. The fourth-order valence-corrected chi connectivity index (χ4v) is 2.53. The first-order chi connectivity index (χ1) is 9.68. The van der Waals surface area contributed by atoms with E-state index in [4.69, 9.17) is 9.47 Å². The second-order valence-electron chi connectivity index (χ2n) is 5.50. The Morgan fingerprint density at radius 2 is 2.35 bits per heavy atom. The maximum Gasteiger partial charge on any atom is 0.126 e. The van der Waals surface area contributed by atoms with E-state index in [2.05, 4.69) is 37.0 Å². The van der Waals surface area contributed by atoms with Gasteiger partial charge in [-0.1, -0.05) is 30.4 Å². The van der Waals surface area contributed by atoms with Crippen LogP contribution >= 0.6 is 0 Å². The number of rotatable bonds is 6. The van der Waals surface area contributed by atoms with Crippen LogP contribution in [-0.2, 0) is 4.74 Å². The molecule has 2 rings (SSSR count). The number of aryl methyl sites for hydroxylation is 1. The van der Waals surface area contributed by atoms with Crippen molar-refractivity contribution in [2.24, 2.45) is 0 Å². The summed E-state index contributed by atoms with van der Waals surface area (Å²) in [4.78, 5) is 0. The third-order valence-electron chi connectivity index (χ3n) is 3.49. The molecule has 1 heterocycles. The maximum atomic E-state index is 5.89. The lowest BCUT2D eigenvalue weighted by molar-refractivity contribution is 0.155. The van der Waals surface area contributed by atoms with E-state index in [-0.39, 0.29) is 0 Å². The fraction of sp³-hybridized carbons (Fsp3) is 0.529. The molecule has 1 aliphatic rings. The average molecular weight is 275 g/mol. The second kappa shape index (κ2) is 7.46. The number of nitrogens with one attached hydrogen (secondary N) is 1. The summed E-state index contributed by atoms with van der Waals surface area (Å²) in [5, 5.41) is 3.58. The van der Waals surface area contributed by atoms with Crippen LogP contribution in [-0.4, -0.2) is 26.4 Å². The molecule has 0 aliphatic carbocycles. The van der Waals surface area contributed by atoms with Crippen molar-refractivity contribution in [3.05, 3.63) is 41.5 Å². The standard InChI is InChI=1S/C17H25NO2/c1-13(2)12-19-11-9-18-16-8-5-10-20-17-14(3)6-4-7-15(16)17/h4,6-7,16,18H,1,5,8-12H2,2-3H3. The van der Waals surface area contributed by atoms with E-state index < -0.39 is 0 Å². The van der Waals surface area contributed by atoms with E-state index in [1.165, 1.54) is 11.1 Å². The molecule has 1 atom stereocenters. The van der Waals surface area contributed by atoms with Gasteiger partial charge in [0.15, 0.2) is 0 Å². The van der Waals surface area contributed by atoms with Gasteiger partial charge in [0.2, 0.25) is 0 Å². The molecule has 20 heavy (non-hydrogen) atoms. The van der Waals surface area contributed by atoms with Crippen LogP contribution in [0.25, 0.3) is 0 Å². The number of ether oxygens (including phenoxy) is 2. The molecule has 1 aromatic carbocycles. The fourth-order valence-electron chi connectivity index (χ4n) is 2.53. The van der Waals surface area contributed by atoms with Crippen molar-refractivity contribution in [1.82, 2.24) is 5.32 Å². The van der Waals surface area contributed by atoms with E-state index in [1.807, 2.05) is 6.92 Å². The summed E-state index contributed by atoms with van der Waals surface area (Å²) in [5.41, 5.74) is 3.56. The molecule has 0 aromatic heterocycles. The van der Waals surface area contributed by atoms with E-state index in [1.54, 1.807) is 0 Å². The Bertz CT molecular complexity index is 456. The largest absolute Gasteiger partial charge is 0.493 e. The molecule has 110 valence electrons. The lowest BCUT2D eigenvalue weighted by Gasteiger charge is -2.19. The maximum absolute atomic E-state index is 5.89. The third kappa shape index (κ3) is 4.09. The lowest BCUT2D eigenvalue weighted by atomic mass is 10.00. The smallest absolute Gasteiger partial charge is 0.126 e. The number of benzene rings is 1. The van der Waals surface area contributed by atoms with Crippen molar-refractivity contribution >= 4 is 0 Å². The Morgan fingerprint density at radius 1 is 1.50 bits per heavy atom. The van der Waals surface area contributed by atoms with Gasteiger partial charge >= 0.3 is 0 Å². The molecule has 0 spiro atoms. The Morgan fingerprint density at radius 3 is 3.15 bits per heavy atom. The monoisotopic (exact) mass is 275 g/mol. The van der Waals surface area contributed by atoms with Gasteiger partial charge in [-0.15, -0.1) is 0 Å². The van der Waals surface area contributed by atoms with Crippen LogP contribution in [0.5, 0.6) is 5.75 Å². The van der Waals surface area contributed by atoms with E-state index in [0.29, 0.717) is 19.3 Å². The third-order valence-corrected chi connectivity index (χ3v) is 3.49. The first kappa shape index (κ1) is 15.1. The molecule has 1 aromatic rings. The normalized spacial score (nSPS) is 18.0. The highest BCUT2D eigenvalue weighted by atomic mass is 16.5. The minimum Gasteiger partial charge on any atom is -0.493 e. The zero-order chi connectivity index (χ0) is 14.4. The molecule has 1 N–H and O–H groups in total. The summed E-state index contributed by atoms with van der Waals surface area (Å²) < 4.78 is 11.4. The summed E-state index contributed by atoms with van der Waals surface area (Å²) in [5.74, 6) is 1.06. The molecule has 1 unspecified atom stereocenters. The molecule has 0 saturated heterocycles. The zero-order valence-electron chi connectivity index (χ0n) is 12.6. The molecule has 1 aliphatic heterocycles. The first-order valence-electron chi connectivity index (χ1n) is 7.36. The van der Waals surface area contributed by atoms with Crippen molar-refractivity contribution in [1.29, 1.82) is 0 Å². The van der Waals surface area contributed by atoms with Crippen LogP contribution in [0.1, 0.15) is 36.9 Å². The number of para-hydroxylation sites is 1. The van der Waals surface area contributed by atoms with Gasteiger partial charge in [0.25, 0.3) is 0 Å². The van der Waals surface area contributed by atoms with Gasteiger partial charge in [0, 0.05) is 18.2 Å². The molecule has 3 nitrogen and oxygen atoms in total. The highest BCUT2D eigenvalue weighted by Gasteiger charge is 2.20. The summed E-state index contributed by atoms with van der Waals surface area (Å²) in [6.45, 7) is 10.9. The number of hydrogen-bond donors (Lipinski definition) is 1. The van der Waals surface area contributed by atoms with Gasteiger partial charge in [0.05, 0.1) is 19.8 Å². The van der Waals surface area contributed by atoms with Crippen LogP contribution in [0.15, 0.2) is 30.4 Å². The minimum atomic E-state index is 0.362. The summed E-state index contributed by atoms with van der Waals surface area (Å²) in [6, 6.07) is 6.74. The molecular weight excluding hydrogens is 250 g/mol. The van der Waals surface area contributed by atoms with Crippen LogP contribution in [0.2, 0.25) is 0 Å². The molecule has 3 heteroatoms. The van der Waals surface area contributed by atoms with Crippen LogP contribution < -0.4 is 10.1 Å². The van der Waals surface area contributed by atoms with Crippen LogP contribution in [0, 0.1) is 6.92 Å². The lowest BCUT2D eigenvalue weighted by Crippen LogP contribution is -2.25. The Hall–Kier alpha value is -1.32. The Labute approximate surface area is 122 Å². The van der Waals surface area contributed by atoms with Crippen molar-refractivity contribution in [2.45, 2.75) is 32.7 Å². The first-order valence-corrected chi connectivity index (χ1v) is 7.36. The average Bonchev–Trinajstić information content (AvgIpc) is 2.62. The predicted molar refractivity (Wildman–Crippen MR) is 82.3 cm³/mol. The van der Waals surface area contributed by atoms with Gasteiger partial charge in [-0.25, -0.2) is 0 Å². The van der Waals surface area contributed by atoms with Crippen molar-refractivity contribution in [2.75, 3.05) is 26.4 Å². The van der Waals surface area contributed by atoms with E-state index in [9.17, 15) is 0 Å². The van der Waals surface area contributed by atoms with Crippen molar-refractivity contribution in [3.8, 4) is 5.75 Å². The second-order valence-corrected chi connectivity index (χ2v) is 5.50. The Kier molecular flexibility index (Phi) is 5.62. The molecule has 0 amide bonds. The van der Waals surface area contributed by atoms with Gasteiger partial charge in [0.1, 0.15) is 5.75 Å². The van der Waals surface area contributed by atoms with Crippen molar-refractivity contribution in [3.63, 3.8) is 0 Å². The number of fused-ring (bicyclic) bond motifs is 1. The van der Waals surface area contributed by atoms with Gasteiger partial charge in [-0.2, -0.15) is 0 Å². The minimum absolute atomic E-state index is 0.362. The van der Waals surface area contributed by atoms with Gasteiger partial charge < -0.3 is 14.8 Å². The van der Waals surface area contributed by atoms with Crippen molar-refractivity contribution < 1.29 is 9.47 Å². The molecular formula is C17H25NO2. The van der Waals surface area contributed by atoms with Gasteiger partial charge in [-0.3, -0.25) is 0 Å². The highest BCUT2D eigenvalue weighted by Crippen LogP contribution is 2.33. The predicted octanol–water partition coefficient (Wildman–Crippen LogP) is 3.39. The summed E-state index contributed by atoms with van der Waals surface area (Å²) in [6.07, 6.45) is 2.19. The molecule has 0 bridgehead atoms. The molecule has 0 saturated carbocycles. The van der Waals surface area contributed by atoms with Crippen LogP contribution in [0.3, 0.4) is 0 Å². The summed E-state index contributed by atoms with van der Waals surface area (Å²) >= 11 is 0. The topological polar surface area (TPSA) is 30.5 Å². The van der Waals surface area contributed by atoms with E-state index in [0.717, 1.165) is 37.3 Å². The number of hydrogen-bond acceptors (Lipinski definition) is 3. The quantitative estimate of drug-likeness (QED) is 0.637. The SMILES string of the molecule is C=C(C)COCCNC1CCCOc2c(C)cccc21. The van der Waals surface area contributed by atoms with Crippen LogP contribution in [0.4, 0.5) is 0 Å². The summed E-state index contributed by atoms with van der Waals surface area (Å²) in [7, 11) is 0. The zero-order valence-corrected chi connectivity index (χ0v) is 12.6.